The first-order valence-corrected chi connectivity index (χ1v) is 6.92. The van der Waals surface area contributed by atoms with E-state index in [-0.39, 0.29) is 5.54 Å². The molecule has 1 saturated heterocycles. The van der Waals surface area contributed by atoms with Crippen molar-refractivity contribution in [2.75, 3.05) is 24.5 Å². The average molecular weight is 250 g/mol. The van der Waals surface area contributed by atoms with Gasteiger partial charge in [-0.25, -0.2) is 0 Å². The van der Waals surface area contributed by atoms with E-state index in [4.69, 9.17) is 0 Å². The third-order valence-corrected chi connectivity index (χ3v) is 3.52. The monoisotopic (exact) mass is 250 g/mol. The molecule has 0 aromatic carbocycles. The van der Waals surface area contributed by atoms with Crippen molar-refractivity contribution in [1.29, 1.82) is 0 Å². The summed E-state index contributed by atoms with van der Waals surface area (Å²) >= 11 is 0. The van der Waals surface area contributed by atoms with E-state index in [0.717, 1.165) is 19.6 Å². The quantitative estimate of drug-likeness (QED) is 0.873. The summed E-state index contributed by atoms with van der Waals surface area (Å²) in [6.07, 6.45) is 3.35. The highest BCUT2D eigenvalue weighted by Gasteiger charge is 2.27. The van der Waals surface area contributed by atoms with Gasteiger partial charge in [-0.3, -0.25) is 4.68 Å². The van der Waals surface area contributed by atoms with Crippen molar-refractivity contribution in [2.24, 2.45) is 7.05 Å². The zero-order valence-corrected chi connectivity index (χ0v) is 12.3. The molecule has 1 fully saturated rings. The van der Waals surface area contributed by atoms with E-state index in [1.54, 1.807) is 0 Å². The Hall–Kier alpha value is -1.03. The van der Waals surface area contributed by atoms with Crippen molar-refractivity contribution in [3.8, 4) is 0 Å². The number of aryl methyl sites for hydroxylation is 1. The maximum Gasteiger partial charge on any atom is 0.0883 e. The summed E-state index contributed by atoms with van der Waals surface area (Å²) in [6.45, 7) is 12.2. The fraction of sp³-hybridized carbons (Fsp3) is 0.786. The van der Waals surface area contributed by atoms with Gasteiger partial charge in [-0.1, -0.05) is 13.8 Å². The minimum atomic E-state index is 0.167. The average Bonchev–Trinajstić information content (AvgIpc) is 2.55. The Bertz CT molecular complexity index is 406. The van der Waals surface area contributed by atoms with Crippen molar-refractivity contribution < 1.29 is 0 Å². The second-order valence-electron chi connectivity index (χ2n) is 6.31. The number of aromatic nitrogens is 2. The molecule has 4 heteroatoms. The Morgan fingerprint density at radius 1 is 1.39 bits per heavy atom. The van der Waals surface area contributed by atoms with Gasteiger partial charge in [-0.15, -0.1) is 0 Å². The summed E-state index contributed by atoms with van der Waals surface area (Å²) in [5.74, 6) is 0.473. The summed E-state index contributed by atoms with van der Waals surface area (Å²) in [5, 5.41) is 8.23. The third kappa shape index (κ3) is 2.86. The van der Waals surface area contributed by atoms with Crippen LogP contribution < -0.4 is 10.2 Å². The maximum atomic E-state index is 4.62. The summed E-state index contributed by atoms with van der Waals surface area (Å²) in [6, 6.07) is 0. The lowest BCUT2D eigenvalue weighted by Gasteiger charge is -2.31. The third-order valence-electron chi connectivity index (χ3n) is 3.52. The molecule has 2 heterocycles. The van der Waals surface area contributed by atoms with Crippen LogP contribution in [0.1, 0.15) is 45.7 Å². The van der Waals surface area contributed by atoms with Gasteiger partial charge in [-0.05, 0) is 32.7 Å². The molecule has 0 bridgehead atoms. The van der Waals surface area contributed by atoms with Gasteiger partial charge in [-0.2, -0.15) is 5.10 Å². The Morgan fingerprint density at radius 3 is 2.78 bits per heavy atom. The number of rotatable bonds is 2. The summed E-state index contributed by atoms with van der Waals surface area (Å²) < 4.78 is 1.94. The Labute approximate surface area is 110 Å². The van der Waals surface area contributed by atoms with E-state index in [1.165, 1.54) is 17.8 Å². The van der Waals surface area contributed by atoms with E-state index in [0.29, 0.717) is 5.92 Å². The van der Waals surface area contributed by atoms with Crippen LogP contribution in [0.3, 0.4) is 0 Å². The van der Waals surface area contributed by atoms with Crippen LogP contribution in [0.2, 0.25) is 0 Å². The molecule has 102 valence electrons. The largest absolute Gasteiger partial charge is 0.367 e. The van der Waals surface area contributed by atoms with Gasteiger partial charge in [0.2, 0.25) is 0 Å². The molecule has 0 radical (unpaired) electrons. The lowest BCUT2D eigenvalue weighted by atomic mass is 10.0. The minimum absolute atomic E-state index is 0.167. The zero-order valence-electron chi connectivity index (χ0n) is 12.3. The molecule has 0 atom stereocenters. The van der Waals surface area contributed by atoms with Gasteiger partial charge >= 0.3 is 0 Å². The molecular weight excluding hydrogens is 224 g/mol. The summed E-state index contributed by atoms with van der Waals surface area (Å²) in [5.41, 5.74) is 2.69. The van der Waals surface area contributed by atoms with Crippen LogP contribution in [0.15, 0.2) is 6.20 Å². The maximum absolute atomic E-state index is 4.62. The highest BCUT2D eigenvalue weighted by atomic mass is 15.3. The van der Waals surface area contributed by atoms with Crippen LogP contribution in [-0.4, -0.2) is 35.0 Å². The smallest absolute Gasteiger partial charge is 0.0883 e. The Balaban J connectivity index is 2.29. The first-order chi connectivity index (χ1) is 8.39. The molecule has 2 rings (SSSR count). The number of hydrogen-bond acceptors (Lipinski definition) is 3. The molecule has 0 spiro atoms. The Kier molecular flexibility index (Phi) is 3.66. The molecule has 0 saturated carbocycles. The van der Waals surface area contributed by atoms with E-state index in [2.05, 4.69) is 49.2 Å². The van der Waals surface area contributed by atoms with Crippen LogP contribution in [0.5, 0.6) is 0 Å². The molecule has 1 N–H and O–H groups in total. The minimum Gasteiger partial charge on any atom is -0.367 e. The van der Waals surface area contributed by atoms with Crippen molar-refractivity contribution >= 4 is 5.69 Å². The lowest BCUT2D eigenvalue weighted by molar-refractivity contribution is 0.416. The Morgan fingerprint density at radius 2 is 2.11 bits per heavy atom. The normalized spacial score (nSPS) is 20.2. The van der Waals surface area contributed by atoms with Gasteiger partial charge in [0.1, 0.15) is 0 Å². The second kappa shape index (κ2) is 4.92. The van der Waals surface area contributed by atoms with Crippen LogP contribution in [-0.2, 0) is 7.05 Å². The van der Waals surface area contributed by atoms with Gasteiger partial charge in [0.25, 0.3) is 0 Å². The summed E-state index contributed by atoms with van der Waals surface area (Å²) in [7, 11) is 2.01. The molecule has 1 aliphatic heterocycles. The van der Waals surface area contributed by atoms with Crippen molar-refractivity contribution in [2.45, 2.75) is 45.6 Å². The van der Waals surface area contributed by atoms with Gasteiger partial charge < -0.3 is 10.2 Å². The van der Waals surface area contributed by atoms with Crippen LogP contribution >= 0.6 is 0 Å². The van der Waals surface area contributed by atoms with Gasteiger partial charge in [0.05, 0.1) is 11.4 Å². The van der Waals surface area contributed by atoms with Crippen molar-refractivity contribution in [3.05, 3.63) is 11.9 Å². The molecule has 1 aromatic rings. The molecule has 1 aliphatic rings. The number of nitrogens with zero attached hydrogens (tertiary/aromatic N) is 3. The first kappa shape index (κ1) is 13.4. The van der Waals surface area contributed by atoms with E-state index in [9.17, 15) is 0 Å². The molecular formula is C14H26N4. The fourth-order valence-corrected chi connectivity index (χ4v) is 2.66. The predicted molar refractivity (Wildman–Crippen MR) is 76.2 cm³/mol. The topological polar surface area (TPSA) is 33.1 Å². The van der Waals surface area contributed by atoms with Crippen LogP contribution in [0.4, 0.5) is 5.69 Å². The standard InChI is InChI=1S/C14H26N4/c1-11(2)13-12(9-17(5)16-13)18-8-6-7-15-14(3,4)10-18/h9,11,15H,6-8,10H2,1-5H3. The SMILES string of the molecule is CC(C)c1nn(C)cc1N1CCCNC(C)(C)C1. The molecule has 0 amide bonds. The zero-order chi connectivity index (χ0) is 13.3. The second-order valence-corrected chi connectivity index (χ2v) is 6.31. The van der Waals surface area contributed by atoms with E-state index >= 15 is 0 Å². The molecule has 0 aliphatic carbocycles. The highest BCUT2D eigenvalue weighted by molar-refractivity contribution is 5.51. The molecule has 1 aromatic heterocycles. The number of hydrogen-bond donors (Lipinski definition) is 1. The number of anilines is 1. The van der Waals surface area contributed by atoms with Crippen molar-refractivity contribution in [3.63, 3.8) is 0 Å². The molecule has 4 nitrogen and oxygen atoms in total. The first-order valence-electron chi connectivity index (χ1n) is 6.92. The van der Waals surface area contributed by atoms with Gasteiger partial charge in [0, 0.05) is 31.9 Å². The van der Waals surface area contributed by atoms with Crippen LogP contribution in [0, 0.1) is 0 Å². The van der Waals surface area contributed by atoms with Crippen LogP contribution in [0.25, 0.3) is 0 Å². The van der Waals surface area contributed by atoms with Crippen molar-refractivity contribution in [1.82, 2.24) is 15.1 Å². The van der Waals surface area contributed by atoms with E-state index < -0.39 is 0 Å². The highest BCUT2D eigenvalue weighted by Crippen LogP contribution is 2.28. The van der Waals surface area contributed by atoms with E-state index in [1.807, 2.05) is 11.7 Å². The summed E-state index contributed by atoms with van der Waals surface area (Å²) in [4.78, 5) is 2.49. The predicted octanol–water partition coefficient (Wildman–Crippen LogP) is 2.12. The number of nitrogens with one attached hydrogen (secondary N) is 1. The molecule has 0 unspecified atom stereocenters. The van der Waals surface area contributed by atoms with Gasteiger partial charge in [0.15, 0.2) is 0 Å². The molecule has 18 heavy (non-hydrogen) atoms. The fourth-order valence-electron chi connectivity index (χ4n) is 2.66. The lowest BCUT2D eigenvalue weighted by Crippen LogP contribution is -2.46.